The Balaban J connectivity index is 2.65. The number of hydrogen-bond acceptors (Lipinski definition) is 2. The summed E-state index contributed by atoms with van der Waals surface area (Å²) in [5, 5.41) is 8.56. The molecule has 0 aliphatic carbocycles. The molecule has 1 atom stereocenters. The van der Waals surface area contributed by atoms with Gasteiger partial charge in [0.2, 0.25) is 0 Å². The second kappa shape index (κ2) is 5.52. The van der Waals surface area contributed by atoms with Crippen LogP contribution < -0.4 is 5.32 Å². The lowest BCUT2D eigenvalue weighted by atomic mass is 10.2. The SMILES string of the molecule is CCNCCC(C)n1nc(C)c(Cl)c1C. The van der Waals surface area contributed by atoms with Gasteiger partial charge in [0.15, 0.2) is 0 Å². The predicted molar refractivity (Wildman–Crippen MR) is 64.6 cm³/mol. The number of rotatable bonds is 5. The van der Waals surface area contributed by atoms with E-state index >= 15 is 0 Å². The second-order valence-corrected chi connectivity index (χ2v) is 4.30. The van der Waals surface area contributed by atoms with Crippen LogP contribution in [0.1, 0.15) is 37.7 Å². The average molecular weight is 230 g/mol. The minimum atomic E-state index is 0.398. The van der Waals surface area contributed by atoms with Gasteiger partial charge in [-0.2, -0.15) is 5.10 Å². The van der Waals surface area contributed by atoms with E-state index < -0.39 is 0 Å². The van der Waals surface area contributed by atoms with Gasteiger partial charge in [-0.3, -0.25) is 4.68 Å². The van der Waals surface area contributed by atoms with Gasteiger partial charge in [0.1, 0.15) is 0 Å². The smallest absolute Gasteiger partial charge is 0.0844 e. The van der Waals surface area contributed by atoms with E-state index in [0.29, 0.717) is 6.04 Å². The van der Waals surface area contributed by atoms with Crippen LogP contribution in [0.2, 0.25) is 5.02 Å². The quantitative estimate of drug-likeness (QED) is 0.787. The summed E-state index contributed by atoms with van der Waals surface area (Å²) < 4.78 is 2.02. The molecule has 1 rings (SSSR count). The number of nitrogens with one attached hydrogen (secondary N) is 1. The fraction of sp³-hybridized carbons (Fsp3) is 0.727. The molecule has 1 N–H and O–H groups in total. The topological polar surface area (TPSA) is 29.9 Å². The van der Waals surface area contributed by atoms with E-state index in [1.807, 2.05) is 18.5 Å². The molecule has 15 heavy (non-hydrogen) atoms. The van der Waals surface area contributed by atoms with Crippen molar-refractivity contribution < 1.29 is 0 Å². The molecule has 1 aromatic heterocycles. The first-order valence-corrected chi connectivity index (χ1v) is 5.87. The van der Waals surface area contributed by atoms with Crippen LogP contribution >= 0.6 is 11.6 Å². The fourth-order valence-corrected chi connectivity index (χ4v) is 1.81. The monoisotopic (exact) mass is 229 g/mol. The zero-order valence-electron chi connectivity index (χ0n) is 9.97. The summed E-state index contributed by atoms with van der Waals surface area (Å²) in [6.07, 6.45) is 1.08. The Morgan fingerprint density at radius 2 is 2.13 bits per heavy atom. The largest absolute Gasteiger partial charge is 0.317 e. The number of aromatic nitrogens is 2. The van der Waals surface area contributed by atoms with E-state index in [-0.39, 0.29) is 0 Å². The van der Waals surface area contributed by atoms with E-state index in [0.717, 1.165) is 35.9 Å². The molecule has 0 radical (unpaired) electrons. The van der Waals surface area contributed by atoms with Crippen LogP contribution in [0, 0.1) is 13.8 Å². The summed E-state index contributed by atoms with van der Waals surface area (Å²) in [6, 6.07) is 0.398. The number of aryl methyl sites for hydroxylation is 1. The van der Waals surface area contributed by atoms with E-state index in [9.17, 15) is 0 Å². The Morgan fingerprint density at radius 3 is 2.60 bits per heavy atom. The molecular formula is C11H20ClN3. The number of hydrogen-bond donors (Lipinski definition) is 1. The van der Waals surface area contributed by atoms with Crippen molar-refractivity contribution in [3.63, 3.8) is 0 Å². The van der Waals surface area contributed by atoms with Crippen LogP contribution in [-0.4, -0.2) is 22.9 Å². The van der Waals surface area contributed by atoms with Crippen molar-refractivity contribution >= 4 is 11.6 Å². The Labute approximate surface area is 96.8 Å². The van der Waals surface area contributed by atoms with Crippen molar-refractivity contribution in [3.05, 3.63) is 16.4 Å². The highest BCUT2D eigenvalue weighted by Gasteiger charge is 2.13. The van der Waals surface area contributed by atoms with Crippen molar-refractivity contribution in [2.45, 2.75) is 40.2 Å². The first kappa shape index (κ1) is 12.5. The molecule has 0 aliphatic heterocycles. The van der Waals surface area contributed by atoms with Gasteiger partial charge in [-0.1, -0.05) is 18.5 Å². The van der Waals surface area contributed by atoms with Crippen LogP contribution in [0.25, 0.3) is 0 Å². The van der Waals surface area contributed by atoms with Crippen molar-refractivity contribution in [1.29, 1.82) is 0 Å². The van der Waals surface area contributed by atoms with E-state index in [1.54, 1.807) is 0 Å². The van der Waals surface area contributed by atoms with E-state index in [2.05, 4.69) is 24.3 Å². The van der Waals surface area contributed by atoms with Crippen LogP contribution in [-0.2, 0) is 0 Å². The molecule has 0 aromatic carbocycles. The van der Waals surface area contributed by atoms with Crippen LogP contribution in [0.15, 0.2) is 0 Å². The van der Waals surface area contributed by atoms with Crippen molar-refractivity contribution in [2.24, 2.45) is 0 Å². The van der Waals surface area contributed by atoms with Gasteiger partial charge in [0.25, 0.3) is 0 Å². The zero-order chi connectivity index (χ0) is 11.4. The van der Waals surface area contributed by atoms with Gasteiger partial charge in [0, 0.05) is 0 Å². The third-order valence-corrected chi connectivity index (χ3v) is 3.19. The second-order valence-electron chi connectivity index (χ2n) is 3.92. The van der Waals surface area contributed by atoms with Crippen LogP contribution in [0.4, 0.5) is 0 Å². The average Bonchev–Trinajstić information content (AvgIpc) is 2.46. The fourth-order valence-electron chi connectivity index (χ4n) is 1.68. The van der Waals surface area contributed by atoms with E-state index in [4.69, 9.17) is 11.6 Å². The molecule has 3 nitrogen and oxygen atoms in total. The Kier molecular flexibility index (Phi) is 4.61. The molecule has 4 heteroatoms. The number of halogens is 1. The first-order valence-electron chi connectivity index (χ1n) is 5.49. The summed E-state index contributed by atoms with van der Waals surface area (Å²) in [6.45, 7) is 10.3. The van der Waals surface area contributed by atoms with Gasteiger partial charge in [-0.15, -0.1) is 0 Å². The van der Waals surface area contributed by atoms with Gasteiger partial charge in [-0.25, -0.2) is 0 Å². The van der Waals surface area contributed by atoms with Crippen molar-refractivity contribution in [2.75, 3.05) is 13.1 Å². The molecule has 86 valence electrons. The molecular weight excluding hydrogens is 210 g/mol. The summed E-state index contributed by atoms with van der Waals surface area (Å²) in [7, 11) is 0. The lowest BCUT2D eigenvalue weighted by Gasteiger charge is -2.14. The Hall–Kier alpha value is -0.540. The molecule has 0 spiro atoms. The van der Waals surface area contributed by atoms with Crippen LogP contribution in [0.3, 0.4) is 0 Å². The van der Waals surface area contributed by atoms with Gasteiger partial charge in [-0.05, 0) is 40.3 Å². The minimum absolute atomic E-state index is 0.398. The Morgan fingerprint density at radius 1 is 1.47 bits per heavy atom. The van der Waals surface area contributed by atoms with Gasteiger partial charge < -0.3 is 5.32 Å². The summed E-state index contributed by atoms with van der Waals surface area (Å²) in [4.78, 5) is 0. The zero-order valence-corrected chi connectivity index (χ0v) is 10.7. The molecule has 0 saturated heterocycles. The summed E-state index contributed by atoms with van der Waals surface area (Å²) in [5.41, 5.74) is 1.99. The maximum absolute atomic E-state index is 6.10. The lowest BCUT2D eigenvalue weighted by Crippen LogP contribution is -2.19. The predicted octanol–water partition coefficient (Wildman–Crippen LogP) is 2.71. The van der Waals surface area contributed by atoms with E-state index in [1.165, 1.54) is 0 Å². The maximum atomic E-state index is 6.10. The highest BCUT2D eigenvalue weighted by Crippen LogP contribution is 2.23. The molecule has 0 saturated carbocycles. The third kappa shape index (κ3) is 2.95. The summed E-state index contributed by atoms with van der Waals surface area (Å²) >= 11 is 6.10. The van der Waals surface area contributed by atoms with Gasteiger partial charge in [0.05, 0.1) is 22.5 Å². The highest BCUT2D eigenvalue weighted by atomic mass is 35.5. The maximum Gasteiger partial charge on any atom is 0.0844 e. The Bertz CT molecular complexity index is 320. The molecule has 1 heterocycles. The van der Waals surface area contributed by atoms with Gasteiger partial charge >= 0.3 is 0 Å². The summed E-state index contributed by atoms with van der Waals surface area (Å²) in [5.74, 6) is 0. The third-order valence-electron chi connectivity index (χ3n) is 2.64. The molecule has 0 amide bonds. The molecule has 0 fully saturated rings. The molecule has 0 aliphatic rings. The normalized spacial score (nSPS) is 13.1. The highest BCUT2D eigenvalue weighted by molar-refractivity contribution is 6.31. The standard InChI is InChI=1S/C11H20ClN3/c1-5-13-7-6-8(2)15-10(4)11(12)9(3)14-15/h8,13H,5-7H2,1-4H3. The first-order chi connectivity index (χ1) is 7.07. The molecule has 0 bridgehead atoms. The van der Waals surface area contributed by atoms with Crippen molar-refractivity contribution in [3.8, 4) is 0 Å². The van der Waals surface area contributed by atoms with Crippen molar-refractivity contribution in [1.82, 2.24) is 15.1 Å². The number of nitrogens with zero attached hydrogens (tertiary/aromatic N) is 2. The minimum Gasteiger partial charge on any atom is -0.317 e. The molecule has 1 aromatic rings. The lowest BCUT2D eigenvalue weighted by molar-refractivity contribution is 0.437. The molecule has 1 unspecified atom stereocenters. The van der Waals surface area contributed by atoms with Crippen LogP contribution in [0.5, 0.6) is 0 Å².